The summed E-state index contributed by atoms with van der Waals surface area (Å²) in [6.45, 7) is 7.05. The van der Waals surface area contributed by atoms with E-state index in [4.69, 9.17) is 14.2 Å². The Hall–Kier alpha value is -3.16. The number of esters is 1. The number of nitrogens with one attached hydrogen (secondary N) is 2. The molecule has 0 spiro atoms. The van der Waals surface area contributed by atoms with Crippen molar-refractivity contribution in [1.29, 1.82) is 0 Å². The highest BCUT2D eigenvalue weighted by Gasteiger charge is 2.38. The van der Waals surface area contributed by atoms with E-state index in [1.54, 1.807) is 20.8 Å². The molecule has 0 unspecified atom stereocenters. The van der Waals surface area contributed by atoms with Crippen molar-refractivity contribution in [3.05, 3.63) is 83.9 Å². The minimum Gasteiger partial charge on any atom is -0.468 e. The molecule has 0 saturated heterocycles. The molecule has 0 aliphatic heterocycles. The molecule has 0 aromatic heterocycles. The molecule has 0 saturated carbocycles. The van der Waals surface area contributed by atoms with Crippen LogP contribution in [0.25, 0.3) is 0 Å². The van der Waals surface area contributed by atoms with Gasteiger partial charge >= 0.3 is 12.1 Å². The average molecular weight is 483 g/mol. The maximum Gasteiger partial charge on any atom is 0.407 e. The predicted molar refractivity (Wildman–Crippen MR) is 137 cm³/mol. The zero-order chi connectivity index (χ0) is 25.6. The molecular weight excluding hydrogens is 444 g/mol. The van der Waals surface area contributed by atoms with Gasteiger partial charge in [0.2, 0.25) is 0 Å². The van der Waals surface area contributed by atoms with E-state index in [0.717, 1.165) is 11.1 Å². The number of alkyl carbamates (subject to hydrolysis) is 1. The van der Waals surface area contributed by atoms with Gasteiger partial charge in [-0.2, -0.15) is 0 Å². The first-order chi connectivity index (χ1) is 16.7. The predicted octanol–water partition coefficient (Wildman–Crippen LogP) is 4.77. The summed E-state index contributed by atoms with van der Waals surface area (Å²) < 4.78 is 16.2. The van der Waals surface area contributed by atoms with E-state index in [1.807, 2.05) is 72.8 Å². The van der Waals surface area contributed by atoms with Gasteiger partial charge in [-0.25, -0.2) is 4.79 Å². The number of hydrogen-bond donors (Lipinski definition) is 2. The second-order valence-electron chi connectivity index (χ2n) is 9.27. The molecule has 0 aliphatic carbocycles. The van der Waals surface area contributed by atoms with Crippen molar-refractivity contribution < 1.29 is 23.8 Å². The summed E-state index contributed by atoms with van der Waals surface area (Å²) in [5.41, 5.74) is 0.506. The van der Waals surface area contributed by atoms with Gasteiger partial charge in [0.15, 0.2) is 0 Å². The second-order valence-corrected chi connectivity index (χ2v) is 9.27. The third-order valence-electron chi connectivity index (χ3n) is 5.23. The molecule has 0 heterocycles. The second kappa shape index (κ2) is 14.3. The fraction of sp³-hybridized carbons (Fsp3) is 0.429. The Labute approximate surface area is 208 Å². The first kappa shape index (κ1) is 28.1. The van der Waals surface area contributed by atoms with E-state index < -0.39 is 23.2 Å². The van der Waals surface area contributed by atoms with Crippen LogP contribution in [0.1, 0.15) is 44.7 Å². The molecule has 0 fully saturated rings. The van der Waals surface area contributed by atoms with Gasteiger partial charge in [-0.05, 0) is 44.7 Å². The monoisotopic (exact) mass is 482 g/mol. The fourth-order valence-corrected chi connectivity index (χ4v) is 3.45. The molecule has 0 bridgehead atoms. The third-order valence-corrected chi connectivity index (χ3v) is 5.23. The maximum atomic E-state index is 13.0. The molecule has 2 aromatic rings. The highest BCUT2D eigenvalue weighted by Crippen LogP contribution is 2.20. The highest BCUT2D eigenvalue weighted by molar-refractivity contribution is 5.81. The maximum absolute atomic E-state index is 13.0. The van der Waals surface area contributed by atoms with Crippen LogP contribution in [0.15, 0.2) is 72.8 Å². The van der Waals surface area contributed by atoms with Crippen molar-refractivity contribution in [2.75, 3.05) is 20.3 Å². The van der Waals surface area contributed by atoms with Gasteiger partial charge in [-0.3, -0.25) is 10.1 Å². The summed E-state index contributed by atoms with van der Waals surface area (Å²) >= 11 is 0. The van der Waals surface area contributed by atoms with Gasteiger partial charge in [-0.1, -0.05) is 72.8 Å². The lowest BCUT2D eigenvalue weighted by Crippen LogP contribution is -2.54. The highest BCUT2D eigenvalue weighted by atomic mass is 16.6. The van der Waals surface area contributed by atoms with E-state index in [2.05, 4.69) is 10.6 Å². The summed E-state index contributed by atoms with van der Waals surface area (Å²) in [5, 5.41) is 6.12. The van der Waals surface area contributed by atoms with Crippen LogP contribution in [0, 0.1) is 0 Å². The van der Waals surface area contributed by atoms with Crippen LogP contribution in [-0.4, -0.2) is 43.5 Å². The quantitative estimate of drug-likeness (QED) is 0.243. The van der Waals surface area contributed by atoms with Gasteiger partial charge in [-0.15, -0.1) is 0 Å². The Balaban J connectivity index is 2.03. The standard InChI is InChI=1S/C28H38N2O5/c1-27(2,3)35-26(32)29-19-18-28(25(31)33-4,30-21-23-13-7-5-8-14-23)17-11-12-20-34-22-24-15-9-6-10-16-24/h5-16,30H,17-22H2,1-4H3,(H,29,32)/b12-11-/t28-/m1/s1. The fourth-order valence-electron chi connectivity index (χ4n) is 3.45. The molecule has 35 heavy (non-hydrogen) atoms. The van der Waals surface area contributed by atoms with Crippen LogP contribution in [0.5, 0.6) is 0 Å². The van der Waals surface area contributed by atoms with Gasteiger partial charge in [0.05, 0.1) is 20.3 Å². The average Bonchev–Trinajstić information content (AvgIpc) is 2.84. The SMILES string of the molecule is COC(=O)[C@@](C/C=C\COCc1ccccc1)(CCNC(=O)OC(C)(C)C)NCc1ccccc1. The molecule has 2 N–H and O–H groups in total. The first-order valence-electron chi connectivity index (χ1n) is 11.8. The van der Waals surface area contributed by atoms with Crippen LogP contribution in [-0.2, 0) is 32.2 Å². The van der Waals surface area contributed by atoms with Crippen LogP contribution in [0.4, 0.5) is 4.79 Å². The van der Waals surface area contributed by atoms with E-state index in [-0.39, 0.29) is 6.54 Å². The smallest absolute Gasteiger partial charge is 0.407 e. The number of carbonyl (C=O) groups is 2. The van der Waals surface area contributed by atoms with Gasteiger partial charge in [0.1, 0.15) is 11.1 Å². The Bertz CT molecular complexity index is 925. The van der Waals surface area contributed by atoms with Crippen LogP contribution in [0.2, 0.25) is 0 Å². The van der Waals surface area contributed by atoms with Crippen LogP contribution >= 0.6 is 0 Å². The number of rotatable bonds is 13. The Morgan fingerprint density at radius 3 is 2.14 bits per heavy atom. The number of carbonyl (C=O) groups excluding carboxylic acids is 2. The van der Waals surface area contributed by atoms with Gasteiger partial charge in [0, 0.05) is 13.1 Å². The molecule has 2 aromatic carbocycles. The van der Waals surface area contributed by atoms with Gasteiger partial charge in [0.25, 0.3) is 0 Å². The van der Waals surface area contributed by atoms with Crippen LogP contribution < -0.4 is 10.6 Å². The lowest BCUT2D eigenvalue weighted by atomic mass is 9.90. The lowest BCUT2D eigenvalue weighted by Gasteiger charge is -2.32. The van der Waals surface area contributed by atoms with E-state index >= 15 is 0 Å². The minimum atomic E-state index is -1.03. The zero-order valence-electron chi connectivity index (χ0n) is 21.2. The van der Waals surface area contributed by atoms with Crippen molar-refractivity contribution in [2.45, 2.75) is 57.9 Å². The molecule has 0 aliphatic rings. The third kappa shape index (κ3) is 10.8. The number of methoxy groups -OCH3 is 1. The minimum absolute atomic E-state index is 0.240. The Kier molecular flexibility index (Phi) is 11.5. The summed E-state index contributed by atoms with van der Waals surface area (Å²) in [5.74, 6) is -0.394. The molecule has 1 atom stereocenters. The number of benzene rings is 2. The van der Waals surface area contributed by atoms with Crippen LogP contribution in [0.3, 0.4) is 0 Å². The van der Waals surface area contributed by atoms with Crippen molar-refractivity contribution in [3.63, 3.8) is 0 Å². The number of amides is 1. The topological polar surface area (TPSA) is 85.9 Å². The Morgan fingerprint density at radius 1 is 0.914 bits per heavy atom. The summed E-state index contributed by atoms with van der Waals surface area (Å²) in [4.78, 5) is 25.1. The lowest BCUT2D eigenvalue weighted by molar-refractivity contribution is -0.149. The molecule has 1 amide bonds. The summed E-state index contributed by atoms with van der Waals surface area (Å²) in [7, 11) is 1.37. The first-order valence-corrected chi connectivity index (χ1v) is 11.8. The van der Waals surface area contributed by atoms with Crippen molar-refractivity contribution in [1.82, 2.24) is 10.6 Å². The molecule has 2 rings (SSSR count). The van der Waals surface area contributed by atoms with Crippen molar-refractivity contribution >= 4 is 12.1 Å². The zero-order valence-corrected chi connectivity index (χ0v) is 21.2. The molecule has 7 heteroatoms. The number of hydrogen-bond acceptors (Lipinski definition) is 6. The molecular formula is C28H38N2O5. The normalized spacial score (nSPS) is 13.3. The molecule has 0 radical (unpaired) electrons. The Morgan fingerprint density at radius 2 is 1.54 bits per heavy atom. The van der Waals surface area contributed by atoms with Crippen molar-refractivity contribution in [2.24, 2.45) is 0 Å². The largest absolute Gasteiger partial charge is 0.468 e. The van der Waals surface area contributed by atoms with E-state index in [1.165, 1.54) is 7.11 Å². The molecule has 190 valence electrons. The van der Waals surface area contributed by atoms with Crippen molar-refractivity contribution in [3.8, 4) is 0 Å². The van der Waals surface area contributed by atoms with E-state index in [9.17, 15) is 9.59 Å². The number of ether oxygens (including phenoxy) is 3. The van der Waals surface area contributed by atoms with E-state index in [0.29, 0.717) is 32.6 Å². The van der Waals surface area contributed by atoms with Gasteiger partial charge < -0.3 is 19.5 Å². The summed E-state index contributed by atoms with van der Waals surface area (Å²) in [6.07, 6.45) is 3.97. The molecule has 7 nitrogen and oxygen atoms in total. The summed E-state index contributed by atoms with van der Waals surface area (Å²) in [6, 6.07) is 19.8.